The number of aliphatic hydroxyl groups excluding tert-OH is 1. The molecule has 0 bridgehead atoms. The van der Waals surface area contributed by atoms with Gasteiger partial charge >= 0.3 is 0 Å². The Kier molecular flexibility index (Phi) is 34.1. The topological polar surface area (TPSA) is 137 Å². The monoisotopic (exact) mass is 553 g/mol. The zero-order valence-corrected chi connectivity index (χ0v) is 23.9. The minimum absolute atomic E-state index is 0.0132. The number of hydrogen-bond acceptors (Lipinski definition) is 12. The molecule has 222 valence electrons. The largest absolute Gasteiger partial charge is 0.394 e. The molecule has 1 N–H and O–H groups in total. The highest BCUT2D eigenvalue weighted by Crippen LogP contribution is 1.97. The molecule has 0 aliphatic carbocycles. The zero-order valence-electron chi connectivity index (χ0n) is 24.1. The molecule has 0 saturated carbocycles. The molecule has 0 spiro atoms. The quantitative estimate of drug-likeness (QED) is 0.106. The number of aliphatic hydroxyl groups is 1. The summed E-state index contributed by atoms with van der Waals surface area (Å²) >= 11 is 0. The second-order valence-corrected chi connectivity index (χ2v) is 7.95. The van der Waals surface area contributed by atoms with Gasteiger partial charge in [-0.2, -0.15) is 8.42 Å². The van der Waals surface area contributed by atoms with E-state index in [4.69, 9.17) is 44.4 Å². The summed E-state index contributed by atoms with van der Waals surface area (Å²) in [6.07, 6.45) is 0.346. The summed E-state index contributed by atoms with van der Waals surface area (Å²) in [5.74, 6) is 0. The molecule has 0 heterocycles. The Morgan fingerprint density at radius 3 is 1.33 bits per heavy atom. The fourth-order valence-corrected chi connectivity index (χ4v) is 2.51. The van der Waals surface area contributed by atoms with E-state index in [-0.39, 0.29) is 32.4 Å². The van der Waals surface area contributed by atoms with Gasteiger partial charge in [0.25, 0.3) is 10.1 Å². The van der Waals surface area contributed by atoms with Gasteiger partial charge in [-0.15, -0.1) is 0 Å². The molecule has 0 fully saturated rings. The third-order valence-electron chi connectivity index (χ3n) is 3.42. The van der Waals surface area contributed by atoms with E-state index in [0.717, 1.165) is 6.26 Å². The van der Waals surface area contributed by atoms with Crippen LogP contribution in [0, 0.1) is 0 Å². The maximum absolute atomic E-state index is 10.6. The molecular formula is C23H52O12S. The summed E-state index contributed by atoms with van der Waals surface area (Å²) in [6, 6.07) is 0. The van der Waals surface area contributed by atoms with Crippen LogP contribution in [0.2, 0.25) is 0 Å². The molecule has 0 rings (SSSR count). The maximum atomic E-state index is 10.6. The van der Waals surface area contributed by atoms with Crippen LogP contribution in [0.15, 0.2) is 0 Å². The van der Waals surface area contributed by atoms with Gasteiger partial charge in [-0.05, 0) is 27.7 Å². The van der Waals surface area contributed by atoms with Crippen LogP contribution in [-0.4, -0.2) is 125 Å². The van der Waals surface area contributed by atoms with Crippen molar-refractivity contribution in [2.45, 2.75) is 54.1 Å². The van der Waals surface area contributed by atoms with Gasteiger partial charge in [0.15, 0.2) is 12.6 Å². The molecular weight excluding hydrogens is 500 g/mol. The van der Waals surface area contributed by atoms with Crippen LogP contribution in [0.4, 0.5) is 0 Å². The third kappa shape index (κ3) is 35.7. The number of rotatable bonds is 24. The van der Waals surface area contributed by atoms with Gasteiger partial charge in [-0.3, -0.25) is 4.18 Å². The minimum atomic E-state index is -3.39. The summed E-state index contributed by atoms with van der Waals surface area (Å²) in [7, 11) is -3.39. The average Bonchev–Trinajstić information content (AvgIpc) is 2.83. The fourth-order valence-electron chi connectivity index (χ4n) is 2.14. The first-order valence-electron chi connectivity index (χ1n) is 13.0. The molecule has 0 radical (unpaired) electrons. The van der Waals surface area contributed by atoms with Crippen molar-refractivity contribution < 1.29 is 57.0 Å². The highest BCUT2D eigenvalue weighted by Gasteiger charge is 2.08. The van der Waals surface area contributed by atoms with Gasteiger partial charge < -0.3 is 43.0 Å². The predicted octanol–water partition coefficient (Wildman–Crippen LogP) is 1.83. The van der Waals surface area contributed by atoms with Crippen LogP contribution in [0.5, 0.6) is 0 Å². The van der Waals surface area contributed by atoms with Crippen molar-refractivity contribution >= 4 is 10.1 Å². The zero-order chi connectivity index (χ0) is 28.6. The molecule has 0 aliphatic rings. The standard InChI is InChI=1S/C11H24O7S.C10H22O5.C2H6/c1-4-16-11(17-5-2)10-15-7-6-14-8-9-18-19(3,12)13;1-3-14-10(15-4-2)9-13-8-7-12-6-5-11;1-2/h11H,4-10H2,1-3H3;10-11H,3-9H2,1-2H3;1-2H3/i;;1D. The van der Waals surface area contributed by atoms with Gasteiger partial charge in [0.2, 0.25) is 0 Å². The fraction of sp³-hybridized carbons (Fsp3) is 1.00. The van der Waals surface area contributed by atoms with E-state index in [9.17, 15) is 8.42 Å². The number of hydrogen-bond donors (Lipinski definition) is 1. The molecule has 0 aromatic carbocycles. The molecule has 0 aliphatic heterocycles. The molecule has 0 atom stereocenters. The lowest BCUT2D eigenvalue weighted by Gasteiger charge is -2.16. The van der Waals surface area contributed by atoms with Gasteiger partial charge in [-0.25, -0.2) is 0 Å². The van der Waals surface area contributed by atoms with E-state index in [1.165, 1.54) is 0 Å². The van der Waals surface area contributed by atoms with E-state index >= 15 is 0 Å². The second-order valence-electron chi connectivity index (χ2n) is 6.30. The van der Waals surface area contributed by atoms with Crippen molar-refractivity contribution in [1.82, 2.24) is 0 Å². The maximum Gasteiger partial charge on any atom is 0.264 e. The summed E-state index contributed by atoms with van der Waals surface area (Å²) in [6.45, 7) is 15.3. The van der Waals surface area contributed by atoms with Crippen molar-refractivity contribution in [3.05, 3.63) is 0 Å². The third-order valence-corrected chi connectivity index (χ3v) is 4.02. The van der Waals surface area contributed by atoms with Crippen molar-refractivity contribution in [3.63, 3.8) is 0 Å². The molecule has 12 nitrogen and oxygen atoms in total. The van der Waals surface area contributed by atoms with Crippen LogP contribution < -0.4 is 0 Å². The second kappa shape index (κ2) is 32.6. The SMILES string of the molecule is CCOC(COCCOCCO)OCC.CCOC(COCCOCCOS(C)(=O)=O)OCC.[2H]CC. The van der Waals surface area contributed by atoms with Crippen LogP contribution in [0.1, 0.15) is 42.9 Å². The highest BCUT2D eigenvalue weighted by atomic mass is 32.2. The van der Waals surface area contributed by atoms with Gasteiger partial charge in [0.05, 0.1) is 72.3 Å². The van der Waals surface area contributed by atoms with Crippen molar-refractivity contribution in [3.8, 4) is 0 Å². The summed E-state index contributed by atoms with van der Waals surface area (Å²) in [4.78, 5) is 0. The molecule has 0 amide bonds. The normalized spacial score (nSPS) is 11.6. The molecule has 36 heavy (non-hydrogen) atoms. The van der Waals surface area contributed by atoms with E-state index < -0.39 is 10.1 Å². The van der Waals surface area contributed by atoms with Crippen LogP contribution in [0.25, 0.3) is 0 Å². The Balaban J connectivity index is -0.000000576. The Labute approximate surface area is 220 Å². The van der Waals surface area contributed by atoms with Crippen LogP contribution in [0.3, 0.4) is 0 Å². The molecule has 0 aromatic heterocycles. The Bertz CT molecular complexity index is 502. The molecule has 13 heteroatoms. The van der Waals surface area contributed by atoms with E-state index in [2.05, 4.69) is 4.18 Å². The van der Waals surface area contributed by atoms with E-state index in [1.54, 1.807) is 6.92 Å². The molecule has 0 aromatic rings. The van der Waals surface area contributed by atoms with Gasteiger partial charge in [0, 0.05) is 27.8 Å². The minimum Gasteiger partial charge on any atom is -0.394 e. The lowest BCUT2D eigenvalue weighted by molar-refractivity contribution is -0.169. The first kappa shape index (κ1) is 37.7. The van der Waals surface area contributed by atoms with Crippen molar-refractivity contribution in [2.75, 3.05) is 98.8 Å². The highest BCUT2D eigenvalue weighted by molar-refractivity contribution is 7.85. The van der Waals surface area contributed by atoms with Crippen molar-refractivity contribution in [2.24, 2.45) is 0 Å². The smallest absolute Gasteiger partial charge is 0.264 e. The summed E-state index contributed by atoms with van der Waals surface area (Å²) < 4.78 is 73.9. The molecule has 0 saturated heterocycles. The van der Waals surface area contributed by atoms with Gasteiger partial charge in [0.1, 0.15) is 0 Å². The van der Waals surface area contributed by atoms with Crippen LogP contribution >= 0.6 is 0 Å². The Morgan fingerprint density at radius 1 is 0.667 bits per heavy atom. The average molecular weight is 554 g/mol. The summed E-state index contributed by atoms with van der Waals surface area (Å²) in [5, 5.41) is 8.45. The molecule has 0 unspecified atom stereocenters. The number of ether oxygens (including phenoxy) is 8. The van der Waals surface area contributed by atoms with Gasteiger partial charge in [-0.1, -0.05) is 13.8 Å². The lowest BCUT2D eigenvalue weighted by Crippen LogP contribution is -2.24. The van der Waals surface area contributed by atoms with E-state index in [1.807, 2.05) is 27.7 Å². The Morgan fingerprint density at radius 2 is 1.00 bits per heavy atom. The predicted molar refractivity (Wildman–Crippen MR) is 137 cm³/mol. The first-order valence-corrected chi connectivity index (χ1v) is 14.1. The van der Waals surface area contributed by atoms with E-state index in [0.29, 0.717) is 79.6 Å². The lowest BCUT2D eigenvalue weighted by atomic mass is 10.6. The van der Waals surface area contributed by atoms with Crippen molar-refractivity contribution in [1.29, 1.82) is 0 Å². The summed E-state index contributed by atoms with van der Waals surface area (Å²) in [5.41, 5.74) is 0. The first-order chi connectivity index (χ1) is 17.8. The van der Waals surface area contributed by atoms with Crippen LogP contribution in [-0.2, 0) is 52.2 Å². The Hall–Kier alpha value is -0.450.